The van der Waals surface area contributed by atoms with Crippen LogP contribution in [-0.4, -0.2) is 23.6 Å². The molecule has 0 spiro atoms. The van der Waals surface area contributed by atoms with Crippen LogP contribution in [0.15, 0.2) is 18.5 Å². The Morgan fingerprint density at radius 2 is 2.28 bits per heavy atom. The summed E-state index contributed by atoms with van der Waals surface area (Å²) < 4.78 is 0. The van der Waals surface area contributed by atoms with Crippen LogP contribution in [0.2, 0.25) is 0 Å². The molecule has 0 bridgehead atoms. The fourth-order valence-corrected chi connectivity index (χ4v) is 2.59. The molecule has 1 atom stereocenters. The molecule has 0 aromatic carbocycles. The molecule has 0 amide bonds. The van der Waals surface area contributed by atoms with Crippen molar-refractivity contribution in [2.45, 2.75) is 58.7 Å². The summed E-state index contributed by atoms with van der Waals surface area (Å²) in [5.74, 6) is 0. The van der Waals surface area contributed by atoms with E-state index < -0.39 is 0 Å². The molecule has 0 radical (unpaired) electrons. The van der Waals surface area contributed by atoms with E-state index in [0.717, 1.165) is 6.54 Å². The summed E-state index contributed by atoms with van der Waals surface area (Å²) in [4.78, 5) is 6.83. The maximum absolute atomic E-state index is 4.31. The molecule has 1 aromatic heterocycles. The second-order valence-corrected chi connectivity index (χ2v) is 5.58. The smallest absolute Gasteiger partial charge is 0.0600 e. The van der Waals surface area contributed by atoms with Crippen LogP contribution in [0.5, 0.6) is 0 Å². The van der Waals surface area contributed by atoms with Crippen LogP contribution < -0.4 is 10.2 Å². The Balaban J connectivity index is 2.15. The van der Waals surface area contributed by atoms with Gasteiger partial charge in [0.05, 0.1) is 11.9 Å². The Hall–Kier alpha value is -1.09. The van der Waals surface area contributed by atoms with Crippen molar-refractivity contribution >= 4 is 5.69 Å². The number of aromatic nitrogens is 1. The van der Waals surface area contributed by atoms with Crippen molar-refractivity contribution in [3.8, 4) is 0 Å². The summed E-state index contributed by atoms with van der Waals surface area (Å²) in [5.41, 5.74) is 2.69. The number of nitrogens with one attached hydrogen (secondary N) is 1. The Labute approximate surface area is 111 Å². The van der Waals surface area contributed by atoms with E-state index in [9.17, 15) is 0 Å². The van der Waals surface area contributed by atoms with Crippen LogP contribution in [0.3, 0.4) is 0 Å². The van der Waals surface area contributed by atoms with Crippen molar-refractivity contribution in [2.75, 3.05) is 11.4 Å². The first-order valence-electron chi connectivity index (χ1n) is 7.11. The Morgan fingerprint density at radius 3 is 3.00 bits per heavy atom. The van der Waals surface area contributed by atoms with Crippen LogP contribution >= 0.6 is 0 Å². The number of pyridine rings is 1. The normalized spacial score (nSPS) is 20.4. The molecular formula is C15H25N3. The molecular weight excluding hydrogens is 222 g/mol. The lowest BCUT2D eigenvalue weighted by Gasteiger charge is -2.36. The van der Waals surface area contributed by atoms with Gasteiger partial charge in [-0.25, -0.2) is 0 Å². The molecule has 1 aliphatic heterocycles. The molecule has 1 fully saturated rings. The van der Waals surface area contributed by atoms with E-state index in [0.29, 0.717) is 12.1 Å². The van der Waals surface area contributed by atoms with Gasteiger partial charge in [-0.1, -0.05) is 13.8 Å². The number of piperidine rings is 1. The highest BCUT2D eigenvalue weighted by Gasteiger charge is 2.20. The van der Waals surface area contributed by atoms with Crippen molar-refractivity contribution in [2.24, 2.45) is 0 Å². The first-order chi connectivity index (χ1) is 8.68. The average Bonchev–Trinajstić information content (AvgIpc) is 2.37. The largest absolute Gasteiger partial charge is 0.367 e. The maximum atomic E-state index is 4.31. The van der Waals surface area contributed by atoms with E-state index in [-0.39, 0.29) is 0 Å². The Morgan fingerprint density at radius 1 is 1.44 bits per heavy atom. The minimum Gasteiger partial charge on any atom is -0.367 e. The number of anilines is 1. The molecule has 0 saturated carbocycles. The topological polar surface area (TPSA) is 28.2 Å². The van der Waals surface area contributed by atoms with E-state index >= 15 is 0 Å². The highest BCUT2D eigenvalue weighted by atomic mass is 15.2. The van der Waals surface area contributed by atoms with E-state index in [4.69, 9.17) is 0 Å². The van der Waals surface area contributed by atoms with Gasteiger partial charge in [0.1, 0.15) is 0 Å². The van der Waals surface area contributed by atoms with Gasteiger partial charge in [-0.15, -0.1) is 0 Å². The number of hydrogen-bond acceptors (Lipinski definition) is 3. The van der Waals surface area contributed by atoms with Gasteiger partial charge < -0.3 is 10.2 Å². The molecule has 100 valence electrons. The molecule has 2 heterocycles. The van der Waals surface area contributed by atoms with Gasteiger partial charge in [0, 0.05) is 31.4 Å². The molecule has 1 unspecified atom stereocenters. The van der Waals surface area contributed by atoms with E-state index in [2.05, 4.69) is 42.0 Å². The van der Waals surface area contributed by atoms with Crippen molar-refractivity contribution in [3.63, 3.8) is 0 Å². The molecule has 18 heavy (non-hydrogen) atoms. The minimum absolute atomic E-state index is 0.518. The first-order valence-corrected chi connectivity index (χ1v) is 7.11. The number of nitrogens with zero attached hydrogens (tertiary/aromatic N) is 2. The molecule has 1 aromatic rings. The maximum Gasteiger partial charge on any atom is 0.0600 e. The van der Waals surface area contributed by atoms with Gasteiger partial charge >= 0.3 is 0 Å². The van der Waals surface area contributed by atoms with Crippen LogP contribution in [0.25, 0.3) is 0 Å². The second-order valence-electron chi connectivity index (χ2n) is 5.58. The minimum atomic E-state index is 0.518. The summed E-state index contributed by atoms with van der Waals surface area (Å²) in [6.45, 7) is 8.79. The van der Waals surface area contributed by atoms with Crippen LogP contribution in [0, 0.1) is 0 Å². The molecule has 1 aliphatic rings. The fourth-order valence-electron chi connectivity index (χ4n) is 2.59. The monoisotopic (exact) mass is 247 g/mol. The summed E-state index contributed by atoms with van der Waals surface area (Å²) in [6.07, 6.45) is 7.88. The predicted molar refractivity (Wildman–Crippen MR) is 76.9 cm³/mol. The summed E-state index contributed by atoms with van der Waals surface area (Å²) in [6, 6.07) is 3.30. The molecule has 1 N–H and O–H groups in total. The lowest BCUT2D eigenvalue weighted by molar-refractivity contribution is 0.482. The lowest BCUT2D eigenvalue weighted by Crippen LogP contribution is -2.38. The van der Waals surface area contributed by atoms with Gasteiger partial charge in [0.2, 0.25) is 0 Å². The quantitative estimate of drug-likeness (QED) is 0.886. The van der Waals surface area contributed by atoms with E-state index in [1.54, 1.807) is 0 Å². The fraction of sp³-hybridized carbons (Fsp3) is 0.667. The molecule has 1 saturated heterocycles. The Bertz CT molecular complexity index is 376. The second kappa shape index (κ2) is 6.19. The number of rotatable bonds is 4. The zero-order valence-electron chi connectivity index (χ0n) is 11.8. The third-order valence-electron chi connectivity index (χ3n) is 3.70. The zero-order chi connectivity index (χ0) is 13.0. The van der Waals surface area contributed by atoms with Crippen molar-refractivity contribution < 1.29 is 0 Å². The third-order valence-corrected chi connectivity index (χ3v) is 3.70. The van der Waals surface area contributed by atoms with Crippen molar-refractivity contribution in [1.29, 1.82) is 0 Å². The van der Waals surface area contributed by atoms with E-state index in [1.807, 2.05) is 12.4 Å². The average molecular weight is 247 g/mol. The molecule has 3 heteroatoms. The third kappa shape index (κ3) is 3.22. The summed E-state index contributed by atoms with van der Waals surface area (Å²) in [5, 5.41) is 3.50. The van der Waals surface area contributed by atoms with Gasteiger partial charge in [-0.2, -0.15) is 0 Å². The highest BCUT2D eigenvalue weighted by molar-refractivity contribution is 5.52. The molecule has 2 rings (SSSR count). The first kappa shape index (κ1) is 13.3. The molecule has 0 aliphatic carbocycles. The van der Waals surface area contributed by atoms with Crippen molar-refractivity contribution in [1.82, 2.24) is 10.3 Å². The molecule has 3 nitrogen and oxygen atoms in total. The summed E-state index contributed by atoms with van der Waals surface area (Å²) in [7, 11) is 0. The zero-order valence-corrected chi connectivity index (χ0v) is 11.8. The van der Waals surface area contributed by atoms with Crippen molar-refractivity contribution in [3.05, 3.63) is 24.0 Å². The van der Waals surface area contributed by atoms with Crippen LogP contribution in [-0.2, 0) is 6.54 Å². The lowest BCUT2D eigenvalue weighted by atomic mass is 10.0. The summed E-state index contributed by atoms with van der Waals surface area (Å²) >= 11 is 0. The van der Waals surface area contributed by atoms with E-state index in [1.165, 1.54) is 37.1 Å². The SMILES string of the molecule is CC(C)NCc1ccncc1N1CCCCC1C. The van der Waals surface area contributed by atoms with Crippen LogP contribution in [0.4, 0.5) is 5.69 Å². The van der Waals surface area contributed by atoms with Gasteiger partial charge in [0.15, 0.2) is 0 Å². The van der Waals surface area contributed by atoms with Gasteiger partial charge in [0.25, 0.3) is 0 Å². The van der Waals surface area contributed by atoms with Gasteiger partial charge in [-0.05, 0) is 37.8 Å². The van der Waals surface area contributed by atoms with Gasteiger partial charge in [-0.3, -0.25) is 4.98 Å². The Kier molecular flexibility index (Phi) is 4.59. The highest BCUT2D eigenvalue weighted by Crippen LogP contribution is 2.27. The predicted octanol–water partition coefficient (Wildman–Crippen LogP) is 2.96. The number of hydrogen-bond donors (Lipinski definition) is 1. The standard InChI is InChI=1S/C15H25N3/c1-12(2)17-10-14-7-8-16-11-15(14)18-9-5-4-6-13(18)3/h7-8,11-13,17H,4-6,9-10H2,1-3H3. The van der Waals surface area contributed by atoms with Crippen LogP contribution in [0.1, 0.15) is 45.6 Å².